The lowest BCUT2D eigenvalue weighted by molar-refractivity contribution is 0.165. The van der Waals surface area contributed by atoms with Crippen LogP contribution in [0.4, 0.5) is 0 Å². The summed E-state index contributed by atoms with van der Waals surface area (Å²) in [6.45, 7) is 6.15. The highest BCUT2D eigenvalue weighted by atomic mass is 79.9. The van der Waals surface area contributed by atoms with Crippen molar-refractivity contribution in [2.75, 3.05) is 33.3 Å². The summed E-state index contributed by atoms with van der Waals surface area (Å²) < 4.78 is 6.16. The van der Waals surface area contributed by atoms with E-state index in [9.17, 15) is 5.11 Å². The minimum Gasteiger partial charge on any atom is -0.504 e. The van der Waals surface area contributed by atoms with Gasteiger partial charge in [-0.15, -0.1) is 24.8 Å². The fraction of sp³-hybridized carbons (Fsp3) is 0.571. The van der Waals surface area contributed by atoms with Crippen molar-refractivity contribution in [3.63, 3.8) is 0 Å². The predicted molar refractivity (Wildman–Crippen MR) is 94.3 cm³/mol. The van der Waals surface area contributed by atoms with E-state index >= 15 is 0 Å². The average molecular weight is 402 g/mol. The lowest BCUT2D eigenvalue weighted by Crippen LogP contribution is -2.45. The maximum Gasteiger partial charge on any atom is 0.163 e. The molecule has 1 saturated heterocycles. The standard InChI is InChI=1S/C14H21BrN2O2.2ClH/c1-3-11(17-8-6-16-7-9-17)13-10(15)4-5-12(19-2)14(13)18;;/h4-5,11,16,18H,3,6-9H2,1-2H3;2*1H/t11-;;/m1../s1. The number of hydrogen-bond acceptors (Lipinski definition) is 4. The van der Waals surface area contributed by atoms with Crippen molar-refractivity contribution in [3.05, 3.63) is 22.2 Å². The van der Waals surface area contributed by atoms with Gasteiger partial charge in [0, 0.05) is 42.3 Å². The Hall–Kier alpha value is -0.200. The van der Waals surface area contributed by atoms with Gasteiger partial charge in [0.25, 0.3) is 0 Å². The van der Waals surface area contributed by atoms with Crippen LogP contribution in [0.15, 0.2) is 16.6 Å². The van der Waals surface area contributed by atoms with Gasteiger partial charge < -0.3 is 15.2 Å². The fourth-order valence-electron chi connectivity index (χ4n) is 2.68. The highest BCUT2D eigenvalue weighted by molar-refractivity contribution is 9.10. The number of benzene rings is 1. The minimum absolute atomic E-state index is 0. The van der Waals surface area contributed by atoms with E-state index in [2.05, 4.69) is 33.1 Å². The average Bonchev–Trinajstić information content (AvgIpc) is 2.44. The summed E-state index contributed by atoms with van der Waals surface area (Å²) in [6, 6.07) is 3.94. The van der Waals surface area contributed by atoms with E-state index in [1.54, 1.807) is 13.2 Å². The zero-order valence-corrected chi connectivity index (χ0v) is 15.5. The molecule has 122 valence electrons. The Kier molecular flexibility index (Phi) is 9.65. The smallest absolute Gasteiger partial charge is 0.163 e. The lowest BCUT2D eigenvalue weighted by Gasteiger charge is -2.35. The number of methoxy groups -OCH3 is 1. The van der Waals surface area contributed by atoms with Crippen molar-refractivity contribution in [2.45, 2.75) is 19.4 Å². The third-order valence-corrected chi connectivity index (χ3v) is 4.35. The van der Waals surface area contributed by atoms with E-state index in [0.717, 1.165) is 42.6 Å². The lowest BCUT2D eigenvalue weighted by atomic mass is 10.0. The SMILES string of the molecule is CC[C@H](c1c(Br)ccc(OC)c1O)N1CCNCC1.Cl.Cl. The quantitative estimate of drug-likeness (QED) is 0.811. The summed E-state index contributed by atoms with van der Waals surface area (Å²) in [6.07, 6.45) is 0.958. The molecule has 0 aromatic heterocycles. The monoisotopic (exact) mass is 400 g/mol. The summed E-state index contributed by atoms with van der Waals surface area (Å²) in [4.78, 5) is 2.41. The molecule has 1 aromatic carbocycles. The van der Waals surface area contributed by atoms with Crippen molar-refractivity contribution in [1.29, 1.82) is 0 Å². The van der Waals surface area contributed by atoms with Gasteiger partial charge in [-0.1, -0.05) is 22.9 Å². The van der Waals surface area contributed by atoms with Crippen LogP contribution < -0.4 is 10.1 Å². The van der Waals surface area contributed by atoms with E-state index in [0.29, 0.717) is 5.75 Å². The molecule has 1 aliphatic heterocycles. The van der Waals surface area contributed by atoms with Crippen LogP contribution in [-0.4, -0.2) is 43.3 Å². The topological polar surface area (TPSA) is 44.7 Å². The highest BCUT2D eigenvalue weighted by Gasteiger charge is 2.26. The van der Waals surface area contributed by atoms with Gasteiger partial charge in [-0.25, -0.2) is 0 Å². The van der Waals surface area contributed by atoms with E-state index < -0.39 is 0 Å². The molecule has 0 spiro atoms. The maximum atomic E-state index is 10.4. The number of hydrogen-bond donors (Lipinski definition) is 2. The molecule has 7 heteroatoms. The summed E-state index contributed by atoms with van der Waals surface area (Å²) >= 11 is 3.56. The minimum atomic E-state index is 0. The van der Waals surface area contributed by atoms with Crippen molar-refractivity contribution >= 4 is 40.7 Å². The van der Waals surface area contributed by atoms with Crippen molar-refractivity contribution < 1.29 is 9.84 Å². The Bertz CT molecular complexity index is 443. The van der Waals surface area contributed by atoms with E-state index in [-0.39, 0.29) is 36.6 Å². The number of nitrogens with zero attached hydrogens (tertiary/aromatic N) is 1. The highest BCUT2D eigenvalue weighted by Crippen LogP contribution is 2.42. The Morgan fingerprint density at radius 2 is 1.95 bits per heavy atom. The first-order chi connectivity index (χ1) is 9.19. The first kappa shape index (κ1) is 20.8. The van der Waals surface area contributed by atoms with Gasteiger partial charge in [0.1, 0.15) is 0 Å². The van der Waals surface area contributed by atoms with Crippen molar-refractivity contribution in [3.8, 4) is 11.5 Å². The van der Waals surface area contributed by atoms with Crippen molar-refractivity contribution in [1.82, 2.24) is 10.2 Å². The van der Waals surface area contributed by atoms with Crippen LogP contribution in [0.25, 0.3) is 0 Å². The molecule has 0 amide bonds. The number of phenolic OH excluding ortho intramolecular Hbond substituents is 1. The summed E-state index contributed by atoms with van der Waals surface area (Å²) in [5.41, 5.74) is 0.934. The van der Waals surface area contributed by atoms with Crippen LogP contribution in [0.2, 0.25) is 0 Å². The number of nitrogens with one attached hydrogen (secondary N) is 1. The molecule has 0 saturated carbocycles. The van der Waals surface area contributed by atoms with E-state index in [1.807, 2.05) is 6.07 Å². The molecule has 1 atom stereocenters. The van der Waals surface area contributed by atoms with Crippen LogP contribution in [-0.2, 0) is 0 Å². The van der Waals surface area contributed by atoms with Crippen LogP contribution >= 0.6 is 40.7 Å². The Labute approximate surface area is 147 Å². The second-order valence-electron chi connectivity index (χ2n) is 4.72. The van der Waals surface area contributed by atoms with Crippen LogP contribution in [0.3, 0.4) is 0 Å². The fourth-order valence-corrected chi connectivity index (χ4v) is 3.27. The second-order valence-corrected chi connectivity index (χ2v) is 5.58. The number of phenols is 1. The van der Waals surface area contributed by atoms with E-state index in [4.69, 9.17) is 4.74 Å². The van der Waals surface area contributed by atoms with Gasteiger partial charge in [0.2, 0.25) is 0 Å². The molecule has 4 nitrogen and oxygen atoms in total. The van der Waals surface area contributed by atoms with Gasteiger partial charge in [-0.2, -0.15) is 0 Å². The summed E-state index contributed by atoms with van der Waals surface area (Å²) in [5, 5.41) is 13.8. The summed E-state index contributed by atoms with van der Waals surface area (Å²) in [7, 11) is 1.58. The Balaban J connectivity index is 0.00000200. The van der Waals surface area contributed by atoms with E-state index in [1.165, 1.54) is 0 Å². The first-order valence-corrected chi connectivity index (χ1v) is 7.48. The molecular formula is C14H23BrCl2N2O2. The van der Waals surface area contributed by atoms with Gasteiger partial charge in [-0.05, 0) is 18.6 Å². The predicted octanol–water partition coefficient (Wildman–Crippen LogP) is 3.36. The second kappa shape index (κ2) is 9.74. The molecule has 1 heterocycles. The van der Waals surface area contributed by atoms with Crippen LogP contribution in [0.1, 0.15) is 24.9 Å². The number of rotatable bonds is 4. The van der Waals surface area contributed by atoms with Gasteiger partial charge >= 0.3 is 0 Å². The number of piperazine rings is 1. The number of aromatic hydroxyl groups is 1. The molecule has 21 heavy (non-hydrogen) atoms. The van der Waals surface area contributed by atoms with Gasteiger partial charge in [0.15, 0.2) is 11.5 Å². The zero-order chi connectivity index (χ0) is 13.8. The van der Waals surface area contributed by atoms with Gasteiger partial charge in [-0.3, -0.25) is 4.90 Å². The molecular weight excluding hydrogens is 379 g/mol. The number of ether oxygens (including phenoxy) is 1. The van der Waals surface area contributed by atoms with Crippen LogP contribution in [0, 0.1) is 0 Å². The Morgan fingerprint density at radius 1 is 1.33 bits per heavy atom. The third kappa shape index (κ3) is 4.63. The molecule has 2 N–H and O–H groups in total. The molecule has 0 unspecified atom stereocenters. The molecule has 1 aliphatic rings. The molecule has 0 radical (unpaired) electrons. The van der Waals surface area contributed by atoms with Crippen molar-refractivity contribution in [2.24, 2.45) is 0 Å². The normalized spacial score (nSPS) is 16.5. The molecule has 2 rings (SSSR count). The first-order valence-electron chi connectivity index (χ1n) is 6.69. The molecule has 1 aromatic rings. The van der Waals surface area contributed by atoms with Crippen LogP contribution in [0.5, 0.6) is 11.5 Å². The third-order valence-electron chi connectivity index (χ3n) is 3.66. The zero-order valence-electron chi connectivity index (χ0n) is 12.3. The van der Waals surface area contributed by atoms with Gasteiger partial charge in [0.05, 0.1) is 7.11 Å². The molecule has 0 bridgehead atoms. The summed E-state index contributed by atoms with van der Waals surface area (Å²) in [5.74, 6) is 0.786. The molecule has 0 aliphatic carbocycles. The number of halogens is 3. The largest absolute Gasteiger partial charge is 0.504 e. The maximum absolute atomic E-state index is 10.4. The molecule has 1 fully saturated rings. The Morgan fingerprint density at radius 3 is 2.48 bits per heavy atom.